The molecule has 0 aliphatic rings. The minimum absolute atomic E-state index is 0. The van der Waals surface area contributed by atoms with Gasteiger partial charge in [-0.3, -0.25) is 9.74 Å². The molecule has 0 aliphatic heterocycles. The Morgan fingerprint density at radius 3 is 1.65 bits per heavy atom. The first kappa shape index (κ1) is 53.6. The van der Waals surface area contributed by atoms with E-state index in [1.165, 1.54) is 0 Å². The Bertz CT molecular complexity index is 2020. The van der Waals surface area contributed by atoms with Gasteiger partial charge >= 0.3 is 26.7 Å². The number of amides is 6. The summed E-state index contributed by atoms with van der Waals surface area (Å²) in [6.45, 7) is 18.3. The van der Waals surface area contributed by atoms with E-state index in [0.717, 1.165) is 11.7 Å². The summed E-state index contributed by atoms with van der Waals surface area (Å²) >= 11 is 0. The molecular weight excluding hydrogens is 845 g/mol. The molecule has 0 saturated carbocycles. The Hall–Kier alpha value is -5.50. The van der Waals surface area contributed by atoms with Gasteiger partial charge in [-0.05, 0) is 100 Å². The number of carbonyl (C=O) groups excluding carboxylic acids is 3. The van der Waals surface area contributed by atoms with E-state index in [1.807, 2.05) is 148 Å². The molecule has 4 aromatic carbocycles. The van der Waals surface area contributed by atoms with E-state index in [-0.39, 0.29) is 54.2 Å². The second kappa shape index (κ2) is 26.9. The number of benzene rings is 4. The summed E-state index contributed by atoms with van der Waals surface area (Å²) in [5, 5.41) is 15.4. The molecule has 63 heavy (non-hydrogen) atoms. The fourth-order valence-electron chi connectivity index (χ4n) is 6.75. The molecule has 0 atom stereocenters. The summed E-state index contributed by atoms with van der Waals surface area (Å²) in [6, 6.07) is 37.3. The summed E-state index contributed by atoms with van der Waals surface area (Å²) in [5.74, 6) is 0. The van der Waals surface area contributed by atoms with Crippen molar-refractivity contribution in [3.8, 4) is 0 Å². The summed E-state index contributed by atoms with van der Waals surface area (Å²) in [7, 11) is -8.08. The third-order valence-corrected chi connectivity index (χ3v) is 20.5. The minimum Gasteiger partial charge on any atom is -0.437 e. The minimum atomic E-state index is -2.90. The number of anilines is 4. The largest absolute Gasteiger partial charge is 0.437 e. The highest BCUT2D eigenvalue weighted by molar-refractivity contribution is 6.90. The number of rotatable bonds is 23. The molecule has 4 aromatic rings. The van der Waals surface area contributed by atoms with Crippen molar-refractivity contribution in [3.05, 3.63) is 139 Å². The number of urea groups is 3. The topological polar surface area (TPSA) is 158 Å². The van der Waals surface area contributed by atoms with Crippen molar-refractivity contribution in [2.75, 3.05) is 60.7 Å². The molecule has 17 heteroatoms. The molecule has 4 rings (SSSR count). The fourth-order valence-corrected chi connectivity index (χ4v) is 20.6. The van der Waals surface area contributed by atoms with Crippen LogP contribution in [0.2, 0.25) is 45.3 Å². The molecule has 344 valence electrons. The average Bonchev–Trinajstić information content (AvgIpc) is 3.21. The highest BCUT2D eigenvalue weighted by Gasteiger charge is 2.44. The van der Waals surface area contributed by atoms with Crippen molar-refractivity contribution >= 4 is 66.0 Å². The zero-order valence-electron chi connectivity index (χ0n) is 36.3. The number of hydrogen-bond acceptors (Lipinski definition) is 8. The van der Waals surface area contributed by atoms with E-state index in [1.54, 1.807) is 9.80 Å². The quantitative estimate of drug-likeness (QED) is 0.0141. The van der Waals surface area contributed by atoms with E-state index in [2.05, 4.69) is 57.5 Å². The van der Waals surface area contributed by atoms with Gasteiger partial charge in [0, 0.05) is 56.9 Å². The van der Waals surface area contributed by atoms with E-state index < -0.39 is 25.2 Å². The van der Waals surface area contributed by atoms with E-state index in [9.17, 15) is 14.4 Å². The maximum absolute atomic E-state index is 13.9. The van der Waals surface area contributed by atoms with Crippen LogP contribution in [0.5, 0.6) is 0 Å². The standard InChI is InChI=1S/C44H62N8O6Si3.2CH4.H2/c1-8-41(52(44(55)50-40-28-19-12-20-29-40)34-31-47-56-36-46-37-22-13-9-14-23-37)60(4,5)58-61(6,7)57-59(2,3)35-21-32-51(43(54)49-39-26-17-11-18-27-39)33-30-45-42(53)48-38-24-15-10-16-25-38;;;/h9-20,22-29,46-47H,1,21,30-36H2,2-7H3,(H,49,54)(H,50,55)(H2,45,48,53);2*1H4;1H. The number of hydroxylamine groups is 1. The van der Waals surface area contributed by atoms with Crippen LogP contribution in [0.4, 0.5) is 37.1 Å². The highest BCUT2D eigenvalue weighted by Crippen LogP contribution is 2.29. The van der Waals surface area contributed by atoms with Crippen LogP contribution in [0.15, 0.2) is 139 Å². The van der Waals surface area contributed by atoms with E-state index in [0.29, 0.717) is 48.4 Å². The SMILES string of the molecule is C.C.C=C=C(N(CCNOCNc1ccccc1)C(=O)Nc1ccccc1)[Si](C)(C)O[Si](C)(C)O[Si](C)(C)CCCN(CCNC(=O)Nc1ccccc1)C(=O)Nc1ccccc1.[HH]. The maximum atomic E-state index is 13.9. The van der Waals surface area contributed by atoms with Crippen LogP contribution >= 0.6 is 0 Å². The van der Waals surface area contributed by atoms with Crippen LogP contribution in [0.1, 0.15) is 22.7 Å². The molecule has 0 bridgehead atoms. The van der Waals surface area contributed by atoms with Crippen molar-refractivity contribution in [1.29, 1.82) is 0 Å². The van der Waals surface area contributed by atoms with Gasteiger partial charge in [-0.15, -0.1) is 5.73 Å². The molecule has 0 fully saturated rings. The van der Waals surface area contributed by atoms with Crippen molar-refractivity contribution in [3.63, 3.8) is 0 Å². The summed E-state index contributed by atoms with van der Waals surface area (Å²) in [5.41, 5.74) is 8.98. The molecule has 0 heterocycles. The Balaban J connectivity index is 0.00000683. The van der Waals surface area contributed by atoms with Gasteiger partial charge in [0.25, 0.3) is 0 Å². The van der Waals surface area contributed by atoms with Crippen LogP contribution in [0.25, 0.3) is 0 Å². The number of nitrogens with zero attached hydrogens (tertiary/aromatic N) is 2. The van der Waals surface area contributed by atoms with Crippen molar-refractivity contribution in [2.45, 2.75) is 66.6 Å². The van der Waals surface area contributed by atoms with Crippen LogP contribution in [0, 0.1) is 0 Å². The van der Waals surface area contributed by atoms with E-state index >= 15 is 0 Å². The van der Waals surface area contributed by atoms with Gasteiger partial charge in [0.2, 0.25) is 8.32 Å². The average molecular weight is 917 g/mol. The number of nitrogens with one attached hydrogen (secondary N) is 6. The fraction of sp³-hybridized carbons (Fsp3) is 0.348. The Morgan fingerprint density at radius 1 is 0.635 bits per heavy atom. The molecule has 14 nitrogen and oxygen atoms in total. The predicted molar refractivity (Wildman–Crippen MR) is 269 cm³/mol. The molecule has 0 spiro atoms. The first-order chi connectivity index (χ1) is 29.2. The Morgan fingerprint density at radius 2 is 1.13 bits per heavy atom. The van der Waals surface area contributed by atoms with Gasteiger partial charge in [-0.1, -0.05) is 94.2 Å². The van der Waals surface area contributed by atoms with E-state index in [4.69, 9.17) is 13.1 Å². The lowest BCUT2D eigenvalue weighted by Crippen LogP contribution is -2.56. The van der Waals surface area contributed by atoms with Gasteiger partial charge in [0.05, 0.1) is 5.32 Å². The predicted octanol–water partition coefficient (Wildman–Crippen LogP) is 10.7. The zero-order chi connectivity index (χ0) is 44.1. The number of para-hydroxylation sites is 4. The molecule has 0 aromatic heterocycles. The molecule has 6 amide bonds. The Kier molecular flexibility index (Phi) is 22.9. The van der Waals surface area contributed by atoms with Gasteiger partial charge < -0.3 is 39.7 Å². The molecular formula is C46H72N8O6Si3. The third-order valence-electron chi connectivity index (χ3n) is 9.18. The lowest BCUT2D eigenvalue weighted by Gasteiger charge is -2.41. The van der Waals surface area contributed by atoms with Crippen molar-refractivity contribution in [2.24, 2.45) is 0 Å². The van der Waals surface area contributed by atoms with Gasteiger partial charge in [0.15, 0.2) is 8.32 Å². The second-order valence-corrected chi connectivity index (χ2v) is 27.7. The van der Waals surface area contributed by atoms with Crippen molar-refractivity contribution < 1.29 is 28.9 Å². The summed E-state index contributed by atoms with van der Waals surface area (Å²) in [4.78, 5) is 48.9. The molecule has 0 radical (unpaired) electrons. The molecule has 0 saturated heterocycles. The van der Waals surface area contributed by atoms with Crippen molar-refractivity contribution in [1.82, 2.24) is 20.6 Å². The lowest BCUT2D eigenvalue weighted by molar-refractivity contribution is 0.0523. The third kappa shape index (κ3) is 19.6. The second-order valence-electron chi connectivity index (χ2n) is 15.7. The maximum Gasteiger partial charge on any atom is 0.326 e. The normalized spacial score (nSPS) is 11.1. The lowest BCUT2D eigenvalue weighted by atomic mass is 10.3. The van der Waals surface area contributed by atoms with Gasteiger partial charge in [-0.25, -0.2) is 14.4 Å². The number of hydrogen-bond donors (Lipinski definition) is 6. The van der Waals surface area contributed by atoms with Crippen LogP contribution in [0.3, 0.4) is 0 Å². The zero-order valence-corrected chi connectivity index (χ0v) is 39.3. The van der Waals surface area contributed by atoms with Crippen LogP contribution in [-0.4, -0.2) is 92.5 Å². The highest BCUT2D eigenvalue weighted by atomic mass is 28.5. The monoisotopic (exact) mass is 916 g/mol. The Labute approximate surface area is 380 Å². The first-order valence-corrected chi connectivity index (χ1v) is 29.3. The summed E-state index contributed by atoms with van der Waals surface area (Å²) < 4.78 is 13.9. The molecule has 6 N–H and O–H groups in total. The number of carbonyl (C=O) groups is 3. The van der Waals surface area contributed by atoms with Gasteiger partial charge in [-0.2, -0.15) is 5.48 Å². The summed E-state index contributed by atoms with van der Waals surface area (Å²) in [6.07, 6.45) is 0.685. The van der Waals surface area contributed by atoms with Gasteiger partial charge in [0.1, 0.15) is 6.73 Å². The molecule has 0 aliphatic carbocycles. The first-order valence-electron chi connectivity index (χ1n) is 20.5. The smallest absolute Gasteiger partial charge is 0.326 e. The molecule has 0 unspecified atom stereocenters. The van der Waals surface area contributed by atoms with Crippen LogP contribution in [-0.2, 0) is 13.1 Å². The van der Waals surface area contributed by atoms with Crippen LogP contribution < -0.4 is 32.1 Å².